The van der Waals surface area contributed by atoms with Crippen molar-refractivity contribution < 1.29 is 14.7 Å². The predicted molar refractivity (Wildman–Crippen MR) is 74.8 cm³/mol. The molecule has 0 unspecified atom stereocenters. The molecule has 18 heavy (non-hydrogen) atoms. The molecule has 1 saturated carbocycles. The summed E-state index contributed by atoms with van der Waals surface area (Å²) < 4.78 is 1.19. The maximum absolute atomic E-state index is 12.0. The van der Waals surface area contributed by atoms with Crippen molar-refractivity contribution in [2.24, 2.45) is 5.41 Å². The van der Waals surface area contributed by atoms with Crippen LogP contribution in [-0.4, -0.2) is 17.0 Å². The lowest BCUT2D eigenvalue weighted by atomic mass is 10.1. The third kappa shape index (κ3) is 2.41. The first-order valence-electron chi connectivity index (χ1n) is 5.06. The summed E-state index contributed by atoms with van der Waals surface area (Å²) in [7, 11) is 0. The van der Waals surface area contributed by atoms with Crippen LogP contribution in [0.15, 0.2) is 21.1 Å². The molecule has 0 heterocycles. The van der Waals surface area contributed by atoms with Gasteiger partial charge in [0.05, 0.1) is 5.69 Å². The molecular formula is C11H8Br2ClNO3. The van der Waals surface area contributed by atoms with Crippen molar-refractivity contribution in [3.8, 4) is 0 Å². The molecule has 4 nitrogen and oxygen atoms in total. The minimum absolute atomic E-state index is 0.372. The van der Waals surface area contributed by atoms with Gasteiger partial charge in [-0.2, -0.15) is 0 Å². The topological polar surface area (TPSA) is 66.4 Å². The fourth-order valence-electron chi connectivity index (χ4n) is 1.56. The van der Waals surface area contributed by atoms with E-state index >= 15 is 0 Å². The first-order chi connectivity index (χ1) is 8.36. The van der Waals surface area contributed by atoms with E-state index in [0.717, 1.165) is 0 Å². The van der Waals surface area contributed by atoms with Gasteiger partial charge in [-0.05, 0) is 56.8 Å². The van der Waals surface area contributed by atoms with Crippen LogP contribution in [0.3, 0.4) is 0 Å². The van der Waals surface area contributed by atoms with Gasteiger partial charge in [0.25, 0.3) is 0 Å². The third-order valence-electron chi connectivity index (χ3n) is 2.84. The molecule has 0 saturated heterocycles. The lowest BCUT2D eigenvalue weighted by Gasteiger charge is -2.13. The molecule has 7 heteroatoms. The summed E-state index contributed by atoms with van der Waals surface area (Å²) in [6.45, 7) is 0. The molecule has 2 N–H and O–H groups in total. The minimum atomic E-state index is -1.27. The Kier molecular flexibility index (Phi) is 3.71. The maximum Gasteiger partial charge on any atom is 0.319 e. The number of rotatable bonds is 3. The quantitative estimate of drug-likeness (QED) is 0.765. The Hall–Kier alpha value is -0.590. The van der Waals surface area contributed by atoms with Crippen LogP contribution in [0.1, 0.15) is 12.8 Å². The van der Waals surface area contributed by atoms with Crippen molar-refractivity contribution in [2.45, 2.75) is 12.8 Å². The van der Waals surface area contributed by atoms with E-state index in [1.165, 1.54) is 0 Å². The monoisotopic (exact) mass is 395 g/mol. The lowest BCUT2D eigenvalue weighted by Crippen LogP contribution is -2.31. The molecule has 0 aromatic heterocycles. The van der Waals surface area contributed by atoms with Gasteiger partial charge in [0, 0.05) is 14.0 Å². The van der Waals surface area contributed by atoms with E-state index in [0.29, 0.717) is 32.5 Å². The van der Waals surface area contributed by atoms with Gasteiger partial charge in [-0.25, -0.2) is 0 Å². The maximum atomic E-state index is 12.0. The summed E-state index contributed by atoms with van der Waals surface area (Å²) >= 11 is 12.4. The Bertz CT molecular complexity index is 520. The molecule has 1 aliphatic carbocycles. The number of hydrogen-bond acceptors (Lipinski definition) is 2. The SMILES string of the molecule is O=C(O)C1(C(=O)Nc2c(Br)cc(Cl)cc2Br)CC1. The Balaban J connectivity index is 2.26. The van der Waals surface area contributed by atoms with Crippen molar-refractivity contribution >= 4 is 61.0 Å². The number of hydrogen-bond donors (Lipinski definition) is 2. The molecule has 0 bridgehead atoms. The van der Waals surface area contributed by atoms with E-state index < -0.39 is 17.3 Å². The van der Waals surface area contributed by atoms with Gasteiger partial charge in [-0.1, -0.05) is 11.6 Å². The molecule has 96 valence electrons. The fourth-order valence-corrected chi connectivity index (χ4v) is 3.42. The molecular weight excluding hydrogens is 389 g/mol. The van der Waals surface area contributed by atoms with Crippen LogP contribution >= 0.6 is 43.5 Å². The van der Waals surface area contributed by atoms with Crippen LogP contribution in [0.5, 0.6) is 0 Å². The predicted octanol–water partition coefficient (Wildman–Crippen LogP) is 3.67. The molecule has 1 aromatic rings. The normalized spacial score (nSPS) is 16.2. The van der Waals surface area contributed by atoms with Crippen LogP contribution in [0, 0.1) is 5.41 Å². The first kappa shape index (κ1) is 13.8. The second kappa shape index (κ2) is 4.83. The summed E-state index contributed by atoms with van der Waals surface area (Å²) in [5.41, 5.74) is -0.782. The smallest absolute Gasteiger partial charge is 0.319 e. The summed E-state index contributed by atoms with van der Waals surface area (Å²) in [4.78, 5) is 23.0. The van der Waals surface area contributed by atoms with Gasteiger partial charge < -0.3 is 10.4 Å². The van der Waals surface area contributed by atoms with E-state index in [2.05, 4.69) is 37.2 Å². The Morgan fingerprint density at radius 1 is 1.28 bits per heavy atom. The van der Waals surface area contributed by atoms with Crippen LogP contribution in [0.25, 0.3) is 0 Å². The van der Waals surface area contributed by atoms with Gasteiger partial charge in [-0.3, -0.25) is 9.59 Å². The number of carbonyl (C=O) groups is 2. The van der Waals surface area contributed by atoms with Gasteiger partial charge in [0.1, 0.15) is 5.41 Å². The van der Waals surface area contributed by atoms with E-state index in [1.807, 2.05) is 0 Å². The van der Waals surface area contributed by atoms with E-state index in [-0.39, 0.29) is 0 Å². The molecule has 1 amide bonds. The van der Waals surface area contributed by atoms with Gasteiger partial charge in [-0.15, -0.1) is 0 Å². The molecule has 0 atom stereocenters. The van der Waals surface area contributed by atoms with Crippen LogP contribution in [0.4, 0.5) is 5.69 Å². The van der Waals surface area contributed by atoms with Crippen LogP contribution in [0.2, 0.25) is 5.02 Å². The van der Waals surface area contributed by atoms with Crippen LogP contribution < -0.4 is 5.32 Å². The van der Waals surface area contributed by atoms with Gasteiger partial charge in [0.15, 0.2) is 0 Å². The highest BCUT2D eigenvalue weighted by Crippen LogP contribution is 2.47. The summed E-state index contributed by atoms with van der Waals surface area (Å²) in [5, 5.41) is 12.2. The number of halogens is 3. The summed E-state index contributed by atoms with van der Waals surface area (Å²) in [6, 6.07) is 3.25. The zero-order valence-electron chi connectivity index (χ0n) is 8.97. The van der Waals surface area contributed by atoms with Crippen molar-refractivity contribution in [2.75, 3.05) is 5.32 Å². The highest BCUT2D eigenvalue weighted by molar-refractivity contribution is 9.11. The van der Waals surface area contributed by atoms with E-state index in [1.54, 1.807) is 12.1 Å². The fraction of sp³-hybridized carbons (Fsp3) is 0.273. The van der Waals surface area contributed by atoms with Crippen molar-refractivity contribution in [1.29, 1.82) is 0 Å². The molecule has 0 spiro atoms. The third-order valence-corrected chi connectivity index (χ3v) is 4.31. The second-order valence-corrected chi connectivity index (χ2v) is 6.23. The van der Waals surface area contributed by atoms with Crippen LogP contribution in [-0.2, 0) is 9.59 Å². The summed E-state index contributed by atoms with van der Waals surface area (Å²) in [6.07, 6.45) is 0.744. The lowest BCUT2D eigenvalue weighted by molar-refractivity contribution is -0.147. The van der Waals surface area contributed by atoms with Crippen molar-refractivity contribution in [3.05, 3.63) is 26.1 Å². The van der Waals surface area contributed by atoms with Crippen molar-refractivity contribution in [1.82, 2.24) is 0 Å². The number of benzene rings is 1. The van der Waals surface area contributed by atoms with Gasteiger partial charge in [0.2, 0.25) is 5.91 Å². The number of anilines is 1. The standard InChI is InChI=1S/C11H8Br2ClNO3/c12-6-3-5(14)4-7(13)8(6)15-9(16)11(1-2-11)10(17)18/h3-4H,1-2H2,(H,15,16)(H,17,18). The number of aliphatic carboxylic acids is 1. The molecule has 1 aromatic carbocycles. The van der Waals surface area contributed by atoms with E-state index in [4.69, 9.17) is 16.7 Å². The molecule has 0 aliphatic heterocycles. The number of nitrogens with one attached hydrogen (secondary N) is 1. The average molecular weight is 397 g/mol. The number of carboxylic acid groups (broad SMARTS) is 1. The number of amides is 1. The highest BCUT2D eigenvalue weighted by Gasteiger charge is 2.57. The van der Waals surface area contributed by atoms with Gasteiger partial charge >= 0.3 is 5.97 Å². The average Bonchev–Trinajstić information content (AvgIpc) is 3.03. The highest BCUT2D eigenvalue weighted by atomic mass is 79.9. The molecule has 0 radical (unpaired) electrons. The number of carboxylic acids is 1. The van der Waals surface area contributed by atoms with Crippen molar-refractivity contribution in [3.63, 3.8) is 0 Å². The zero-order chi connectivity index (χ0) is 13.5. The minimum Gasteiger partial charge on any atom is -0.480 e. The Morgan fingerprint density at radius 3 is 2.17 bits per heavy atom. The second-order valence-electron chi connectivity index (χ2n) is 4.09. The first-order valence-corrected chi connectivity index (χ1v) is 7.02. The molecule has 2 rings (SSSR count). The Morgan fingerprint density at radius 2 is 1.78 bits per heavy atom. The Labute approximate surface area is 125 Å². The van der Waals surface area contributed by atoms with E-state index in [9.17, 15) is 9.59 Å². The zero-order valence-corrected chi connectivity index (χ0v) is 12.9. The number of carbonyl (C=O) groups excluding carboxylic acids is 1. The largest absolute Gasteiger partial charge is 0.480 e. The molecule has 1 fully saturated rings. The summed E-state index contributed by atoms with van der Waals surface area (Å²) in [5.74, 6) is -1.58. The molecule has 1 aliphatic rings.